The third kappa shape index (κ3) is 3.75. The minimum atomic E-state index is -4.19. The van der Waals surface area contributed by atoms with Crippen LogP contribution in [0, 0.1) is 0 Å². The van der Waals surface area contributed by atoms with E-state index < -0.39 is 20.3 Å². The van der Waals surface area contributed by atoms with E-state index in [9.17, 15) is 13.2 Å². The van der Waals surface area contributed by atoms with Crippen molar-refractivity contribution < 1.29 is 17.9 Å². The van der Waals surface area contributed by atoms with Crippen molar-refractivity contribution in [2.45, 2.75) is 44.6 Å². The van der Waals surface area contributed by atoms with Crippen LogP contribution in [-0.4, -0.2) is 43.0 Å². The van der Waals surface area contributed by atoms with Gasteiger partial charge in [-0.15, -0.1) is 0 Å². The van der Waals surface area contributed by atoms with Gasteiger partial charge in [-0.25, -0.2) is 4.98 Å². The molecule has 2 heterocycles. The maximum Gasteiger partial charge on any atom is 0.410 e. The molecule has 24 heavy (non-hydrogen) atoms. The van der Waals surface area contributed by atoms with Crippen LogP contribution in [0.15, 0.2) is 24.5 Å². The molecule has 3 rings (SSSR count). The lowest BCUT2D eigenvalue weighted by Gasteiger charge is -2.15. The molecule has 4 nitrogen and oxygen atoms in total. The maximum absolute atomic E-state index is 12.8. The number of rotatable bonds is 6. The number of ether oxygens (including phenoxy) is 1. The topological polar surface area (TPSA) is 30.1 Å². The van der Waals surface area contributed by atoms with Crippen LogP contribution in [0.4, 0.5) is 18.9 Å². The van der Waals surface area contributed by atoms with Gasteiger partial charge < -0.3 is 14.2 Å². The van der Waals surface area contributed by atoms with E-state index in [0.717, 1.165) is 11.6 Å². The minimum absolute atomic E-state index is 0.00217. The van der Waals surface area contributed by atoms with Gasteiger partial charge in [-0.05, 0) is 18.2 Å². The summed E-state index contributed by atoms with van der Waals surface area (Å²) in [4.78, 5) is 5.65. The molecule has 0 bridgehead atoms. The van der Waals surface area contributed by atoms with E-state index >= 15 is 0 Å². The van der Waals surface area contributed by atoms with Gasteiger partial charge in [-0.1, -0.05) is 25.7 Å². The zero-order chi connectivity index (χ0) is 17.5. The molecule has 1 atom stereocenters. The number of para-hydroxylation sites is 1. The Kier molecular flexibility index (Phi) is 4.37. The number of nitrogens with zero attached hydrogens (tertiary/aromatic N) is 3. The second-order valence-electron chi connectivity index (χ2n) is 7.42. The highest BCUT2D eigenvalue weighted by atomic mass is 28.3. The lowest BCUT2D eigenvalue weighted by atomic mass is 10.2. The minimum Gasteiger partial charge on any atom is -0.361 e. The third-order valence-corrected chi connectivity index (χ3v) is 5.86. The number of benzene rings is 1. The first-order valence-corrected chi connectivity index (χ1v) is 11.7. The zero-order valence-corrected chi connectivity index (χ0v) is 15.1. The van der Waals surface area contributed by atoms with Gasteiger partial charge >= 0.3 is 6.18 Å². The molecular formula is C16H22F3N3OSi. The van der Waals surface area contributed by atoms with Crippen molar-refractivity contribution in [2.24, 2.45) is 0 Å². The Morgan fingerprint density at radius 1 is 1.29 bits per heavy atom. The first-order chi connectivity index (χ1) is 11.2. The van der Waals surface area contributed by atoms with Crippen LogP contribution in [0.25, 0.3) is 11.0 Å². The summed E-state index contributed by atoms with van der Waals surface area (Å²) in [5.41, 5.74) is 1.93. The van der Waals surface area contributed by atoms with E-state index in [1.165, 1.54) is 4.90 Å². The molecular weight excluding hydrogens is 335 g/mol. The number of imidazole rings is 1. The molecule has 0 N–H and O–H groups in total. The summed E-state index contributed by atoms with van der Waals surface area (Å²) in [6.45, 7) is 7.93. The number of hydrogen-bond donors (Lipinski definition) is 0. The largest absolute Gasteiger partial charge is 0.410 e. The second kappa shape index (κ2) is 6.07. The molecule has 1 unspecified atom stereocenters. The summed E-state index contributed by atoms with van der Waals surface area (Å²) in [7, 11) is -1.14. The summed E-state index contributed by atoms with van der Waals surface area (Å²) >= 11 is 0. The molecule has 132 valence electrons. The van der Waals surface area contributed by atoms with Gasteiger partial charge in [-0.2, -0.15) is 13.2 Å². The molecule has 8 heteroatoms. The van der Waals surface area contributed by atoms with Crippen molar-refractivity contribution in [3.63, 3.8) is 0 Å². The molecule has 1 aliphatic heterocycles. The van der Waals surface area contributed by atoms with Crippen LogP contribution in [-0.2, 0) is 11.5 Å². The SMILES string of the molecule is C[Si](C)(C)CCOCn1cnc2c(N3CC3C(F)(F)F)cccc21. The van der Waals surface area contributed by atoms with Gasteiger partial charge in [0, 0.05) is 21.2 Å². The van der Waals surface area contributed by atoms with Gasteiger partial charge in [0.05, 0.1) is 17.5 Å². The van der Waals surface area contributed by atoms with Gasteiger partial charge in [-0.3, -0.25) is 0 Å². The van der Waals surface area contributed by atoms with Crippen molar-refractivity contribution >= 4 is 24.8 Å². The molecule has 0 saturated carbocycles. The molecule has 0 amide bonds. The standard InChI is InChI=1S/C16H22F3N3OSi/c1-24(2,3)8-7-23-11-21-10-20-15-12(21)5-4-6-13(15)22-9-14(22)16(17,18)19/h4-6,10,14H,7-9,11H2,1-3H3. The fourth-order valence-corrected chi connectivity index (χ4v) is 3.39. The van der Waals surface area contributed by atoms with E-state index in [0.29, 0.717) is 24.5 Å². The van der Waals surface area contributed by atoms with Crippen LogP contribution in [0.2, 0.25) is 25.7 Å². The zero-order valence-electron chi connectivity index (χ0n) is 14.1. The van der Waals surface area contributed by atoms with Crippen LogP contribution in [0.5, 0.6) is 0 Å². The molecule has 1 aromatic carbocycles. The van der Waals surface area contributed by atoms with Gasteiger partial charge in [0.25, 0.3) is 0 Å². The highest BCUT2D eigenvalue weighted by molar-refractivity contribution is 6.76. The van der Waals surface area contributed by atoms with Crippen molar-refractivity contribution in [3.8, 4) is 0 Å². The summed E-state index contributed by atoms with van der Waals surface area (Å²) in [5, 5.41) is 0. The normalized spacial score (nSPS) is 18.4. The number of alkyl halides is 3. The summed E-state index contributed by atoms with van der Waals surface area (Å²) in [6, 6.07) is 5.01. The van der Waals surface area contributed by atoms with Crippen molar-refractivity contribution in [2.75, 3.05) is 18.1 Å². The number of anilines is 1. The predicted molar refractivity (Wildman–Crippen MR) is 91.0 cm³/mol. The average Bonchev–Trinajstić information content (AvgIpc) is 3.17. The second-order valence-corrected chi connectivity index (χ2v) is 13.0. The first-order valence-electron chi connectivity index (χ1n) is 8.02. The summed E-state index contributed by atoms with van der Waals surface area (Å²) in [5.74, 6) is 0. The smallest absolute Gasteiger partial charge is 0.361 e. The van der Waals surface area contributed by atoms with Crippen LogP contribution in [0.1, 0.15) is 0 Å². The lowest BCUT2D eigenvalue weighted by Crippen LogP contribution is -2.22. The third-order valence-electron chi connectivity index (χ3n) is 4.16. The fraction of sp³-hybridized carbons (Fsp3) is 0.562. The molecule has 1 fully saturated rings. The lowest BCUT2D eigenvalue weighted by molar-refractivity contribution is -0.125. The Labute approximate surface area is 140 Å². The molecule has 0 radical (unpaired) electrons. The quantitative estimate of drug-likeness (QED) is 0.443. The average molecular weight is 357 g/mol. The summed E-state index contributed by atoms with van der Waals surface area (Å²) < 4.78 is 46.0. The van der Waals surface area contributed by atoms with E-state index in [1.54, 1.807) is 18.5 Å². The van der Waals surface area contributed by atoms with Crippen LogP contribution in [0.3, 0.4) is 0 Å². The Balaban J connectivity index is 1.71. The van der Waals surface area contributed by atoms with Crippen LogP contribution >= 0.6 is 0 Å². The molecule has 1 aromatic heterocycles. The van der Waals surface area contributed by atoms with Gasteiger partial charge in [0.15, 0.2) is 0 Å². The Bertz CT molecular complexity index is 723. The molecule has 1 aliphatic rings. The van der Waals surface area contributed by atoms with E-state index in [4.69, 9.17) is 4.74 Å². The Morgan fingerprint density at radius 3 is 2.67 bits per heavy atom. The van der Waals surface area contributed by atoms with Crippen molar-refractivity contribution in [1.29, 1.82) is 0 Å². The van der Waals surface area contributed by atoms with E-state index in [2.05, 4.69) is 24.6 Å². The monoisotopic (exact) mass is 357 g/mol. The fourth-order valence-electron chi connectivity index (χ4n) is 2.63. The van der Waals surface area contributed by atoms with Crippen molar-refractivity contribution in [3.05, 3.63) is 24.5 Å². The Hall–Kier alpha value is -1.54. The predicted octanol–water partition coefficient (Wildman–Crippen LogP) is 4.10. The number of halogens is 3. The van der Waals surface area contributed by atoms with E-state index in [-0.39, 0.29) is 6.54 Å². The number of aromatic nitrogens is 2. The van der Waals surface area contributed by atoms with Gasteiger partial charge in [0.2, 0.25) is 0 Å². The highest BCUT2D eigenvalue weighted by Crippen LogP contribution is 2.41. The molecule has 0 spiro atoms. The van der Waals surface area contributed by atoms with Crippen molar-refractivity contribution in [1.82, 2.24) is 9.55 Å². The number of fused-ring (bicyclic) bond motifs is 1. The highest BCUT2D eigenvalue weighted by Gasteiger charge is 2.54. The first kappa shape index (κ1) is 17.3. The number of hydrogen-bond acceptors (Lipinski definition) is 3. The Morgan fingerprint density at radius 2 is 2.04 bits per heavy atom. The van der Waals surface area contributed by atoms with E-state index in [1.807, 2.05) is 10.6 Å². The summed E-state index contributed by atoms with van der Waals surface area (Å²) in [6.07, 6.45) is -2.56. The maximum atomic E-state index is 12.8. The van der Waals surface area contributed by atoms with Gasteiger partial charge in [0.1, 0.15) is 18.3 Å². The molecule has 0 aliphatic carbocycles. The van der Waals surface area contributed by atoms with Crippen LogP contribution < -0.4 is 4.90 Å². The molecule has 2 aromatic rings. The molecule has 1 saturated heterocycles.